The fourth-order valence-corrected chi connectivity index (χ4v) is 3.64. The molecule has 0 aliphatic carbocycles. The maximum Gasteiger partial charge on any atom is 0.0424 e. The molecule has 2 rings (SSSR count). The molecule has 1 heterocycles. The molecular formula is C15H24N2S. The van der Waals surface area contributed by atoms with Crippen molar-refractivity contribution in [1.82, 2.24) is 4.90 Å². The number of nitrogens with zero attached hydrogens (tertiary/aromatic N) is 1. The first-order valence-electron chi connectivity index (χ1n) is 6.85. The molecule has 2 N–H and O–H groups in total. The Morgan fingerprint density at radius 3 is 2.78 bits per heavy atom. The minimum absolute atomic E-state index is 0.145. The predicted molar refractivity (Wildman–Crippen MR) is 81.1 cm³/mol. The van der Waals surface area contributed by atoms with Gasteiger partial charge in [0.2, 0.25) is 0 Å². The summed E-state index contributed by atoms with van der Waals surface area (Å²) in [5.41, 5.74) is 8.87. The molecule has 2 unspecified atom stereocenters. The molecule has 1 saturated heterocycles. The number of nitrogens with two attached hydrogens (primary N) is 1. The highest BCUT2D eigenvalue weighted by molar-refractivity contribution is 8.00. The molecule has 18 heavy (non-hydrogen) atoms. The predicted octanol–water partition coefficient (Wildman–Crippen LogP) is 2.82. The molecule has 2 nitrogen and oxygen atoms in total. The molecule has 0 spiro atoms. The van der Waals surface area contributed by atoms with Crippen molar-refractivity contribution in [2.45, 2.75) is 31.6 Å². The molecule has 1 aliphatic rings. The average Bonchev–Trinajstić information content (AvgIpc) is 2.39. The van der Waals surface area contributed by atoms with Crippen molar-refractivity contribution >= 4 is 11.8 Å². The van der Waals surface area contributed by atoms with Crippen molar-refractivity contribution in [2.75, 3.05) is 25.4 Å². The van der Waals surface area contributed by atoms with Crippen LogP contribution in [0.3, 0.4) is 0 Å². The Labute approximate surface area is 115 Å². The van der Waals surface area contributed by atoms with Crippen LogP contribution in [0.5, 0.6) is 0 Å². The first kappa shape index (κ1) is 13.9. The van der Waals surface area contributed by atoms with Crippen molar-refractivity contribution in [2.24, 2.45) is 5.73 Å². The van der Waals surface area contributed by atoms with Crippen molar-refractivity contribution in [1.29, 1.82) is 0 Å². The fraction of sp³-hybridized carbons (Fsp3) is 0.600. The van der Waals surface area contributed by atoms with Crippen molar-refractivity contribution in [3.8, 4) is 0 Å². The van der Waals surface area contributed by atoms with E-state index in [1.807, 2.05) is 0 Å². The maximum absolute atomic E-state index is 6.31. The van der Waals surface area contributed by atoms with Crippen LogP contribution in [-0.2, 0) is 0 Å². The molecule has 1 aliphatic heterocycles. The summed E-state index contributed by atoms with van der Waals surface area (Å²) in [5, 5.41) is 0.795. The van der Waals surface area contributed by atoms with E-state index in [2.05, 4.69) is 54.8 Å². The van der Waals surface area contributed by atoms with Gasteiger partial charge in [-0.2, -0.15) is 11.8 Å². The lowest BCUT2D eigenvalue weighted by atomic mass is 10.1. The summed E-state index contributed by atoms with van der Waals surface area (Å²) in [6, 6.07) is 8.77. The number of hydrogen-bond acceptors (Lipinski definition) is 3. The van der Waals surface area contributed by atoms with Crippen LogP contribution in [0, 0.1) is 6.92 Å². The quantitative estimate of drug-likeness (QED) is 0.907. The molecule has 3 heteroatoms. The van der Waals surface area contributed by atoms with E-state index < -0.39 is 0 Å². The Bertz CT molecular complexity index is 363. The summed E-state index contributed by atoms with van der Waals surface area (Å²) in [6.07, 6.45) is 1.26. The van der Waals surface area contributed by atoms with Gasteiger partial charge in [-0.15, -0.1) is 0 Å². The first-order valence-corrected chi connectivity index (χ1v) is 7.90. The largest absolute Gasteiger partial charge is 0.323 e. The number of benzene rings is 1. The Balaban J connectivity index is 1.90. The highest BCUT2D eigenvalue weighted by Crippen LogP contribution is 2.22. The summed E-state index contributed by atoms with van der Waals surface area (Å²) in [5.74, 6) is 1.25. The second-order valence-corrected chi connectivity index (χ2v) is 6.59. The molecule has 0 amide bonds. The Morgan fingerprint density at radius 1 is 1.39 bits per heavy atom. The monoisotopic (exact) mass is 264 g/mol. The highest BCUT2D eigenvalue weighted by Gasteiger charge is 2.20. The maximum atomic E-state index is 6.31. The van der Waals surface area contributed by atoms with Crippen LogP contribution in [0.25, 0.3) is 0 Å². The second kappa shape index (κ2) is 6.60. The first-order chi connectivity index (χ1) is 8.69. The van der Waals surface area contributed by atoms with Crippen LogP contribution in [0.15, 0.2) is 24.3 Å². The molecule has 100 valence electrons. The highest BCUT2D eigenvalue weighted by atomic mass is 32.2. The zero-order valence-corrected chi connectivity index (χ0v) is 12.2. The van der Waals surface area contributed by atoms with E-state index in [4.69, 9.17) is 5.73 Å². The Hall–Kier alpha value is -0.510. The fourth-order valence-electron chi connectivity index (χ4n) is 2.39. The van der Waals surface area contributed by atoms with Gasteiger partial charge in [0.15, 0.2) is 0 Å². The van der Waals surface area contributed by atoms with E-state index in [-0.39, 0.29) is 6.04 Å². The number of aryl methyl sites for hydroxylation is 1. The topological polar surface area (TPSA) is 29.3 Å². The van der Waals surface area contributed by atoms with E-state index in [1.54, 1.807) is 0 Å². The lowest BCUT2D eigenvalue weighted by Gasteiger charge is -2.33. The van der Waals surface area contributed by atoms with E-state index in [0.29, 0.717) is 0 Å². The average molecular weight is 264 g/mol. The van der Waals surface area contributed by atoms with Crippen molar-refractivity contribution in [3.05, 3.63) is 35.4 Å². The summed E-state index contributed by atoms with van der Waals surface area (Å²) < 4.78 is 0. The van der Waals surface area contributed by atoms with Crippen LogP contribution in [-0.4, -0.2) is 35.5 Å². The standard InChI is InChI=1S/C15H24N2S/c1-3-14-10-17(8-9-18-14)11-15(16)13-6-4-12(2)5-7-13/h4-7,14-15H,3,8-11,16H2,1-2H3. The minimum atomic E-state index is 0.145. The molecule has 2 atom stereocenters. The van der Waals surface area contributed by atoms with Gasteiger partial charge in [0.25, 0.3) is 0 Å². The third kappa shape index (κ3) is 3.74. The van der Waals surface area contributed by atoms with E-state index in [9.17, 15) is 0 Å². The summed E-state index contributed by atoms with van der Waals surface area (Å²) >= 11 is 2.11. The van der Waals surface area contributed by atoms with Gasteiger partial charge >= 0.3 is 0 Å². The zero-order chi connectivity index (χ0) is 13.0. The van der Waals surface area contributed by atoms with E-state index in [1.165, 1.54) is 36.4 Å². The molecule has 1 fully saturated rings. The van der Waals surface area contributed by atoms with Crippen LogP contribution in [0.4, 0.5) is 0 Å². The van der Waals surface area contributed by atoms with Gasteiger partial charge in [0.1, 0.15) is 0 Å². The molecule has 0 bridgehead atoms. The SMILES string of the molecule is CCC1CN(CC(N)c2ccc(C)cc2)CCS1. The van der Waals surface area contributed by atoms with E-state index in [0.717, 1.165) is 11.8 Å². The minimum Gasteiger partial charge on any atom is -0.323 e. The Morgan fingerprint density at radius 2 is 2.11 bits per heavy atom. The van der Waals surface area contributed by atoms with Crippen LogP contribution in [0.2, 0.25) is 0 Å². The summed E-state index contributed by atoms with van der Waals surface area (Å²) in [6.45, 7) is 7.76. The van der Waals surface area contributed by atoms with Gasteiger partial charge in [-0.25, -0.2) is 0 Å². The summed E-state index contributed by atoms with van der Waals surface area (Å²) in [4.78, 5) is 2.52. The lowest BCUT2D eigenvalue weighted by Crippen LogP contribution is -2.41. The van der Waals surface area contributed by atoms with Crippen LogP contribution in [0.1, 0.15) is 30.5 Å². The molecule has 0 saturated carbocycles. The third-order valence-corrected chi connectivity index (χ3v) is 5.01. The van der Waals surface area contributed by atoms with Crippen LogP contribution >= 0.6 is 11.8 Å². The molecular weight excluding hydrogens is 240 g/mol. The van der Waals surface area contributed by atoms with Gasteiger partial charge in [-0.1, -0.05) is 36.8 Å². The Kier molecular flexibility index (Phi) is 5.10. The number of rotatable bonds is 4. The molecule has 1 aromatic rings. The third-order valence-electron chi connectivity index (χ3n) is 3.64. The molecule has 0 radical (unpaired) electrons. The van der Waals surface area contributed by atoms with Crippen molar-refractivity contribution in [3.63, 3.8) is 0 Å². The van der Waals surface area contributed by atoms with Crippen LogP contribution < -0.4 is 5.73 Å². The lowest BCUT2D eigenvalue weighted by molar-refractivity contribution is 0.264. The number of hydrogen-bond donors (Lipinski definition) is 1. The number of thioether (sulfide) groups is 1. The van der Waals surface area contributed by atoms with E-state index >= 15 is 0 Å². The van der Waals surface area contributed by atoms with Gasteiger partial charge in [-0.05, 0) is 18.9 Å². The summed E-state index contributed by atoms with van der Waals surface area (Å²) in [7, 11) is 0. The van der Waals surface area contributed by atoms with Gasteiger partial charge in [-0.3, -0.25) is 4.90 Å². The smallest absolute Gasteiger partial charge is 0.0424 e. The van der Waals surface area contributed by atoms with Crippen molar-refractivity contribution < 1.29 is 0 Å². The molecule has 0 aromatic heterocycles. The zero-order valence-electron chi connectivity index (χ0n) is 11.4. The van der Waals surface area contributed by atoms with Gasteiger partial charge < -0.3 is 5.73 Å². The van der Waals surface area contributed by atoms with Gasteiger partial charge in [0, 0.05) is 36.7 Å². The normalized spacial score (nSPS) is 22.9. The van der Waals surface area contributed by atoms with Gasteiger partial charge in [0.05, 0.1) is 0 Å². The second-order valence-electron chi connectivity index (χ2n) is 5.18. The molecule has 1 aromatic carbocycles.